The molecule has 1 aromatic heterocycles. The fourth-order valence-corrected chi connectivity index (χ4v) is 4.85. The first kappa shape index (κ1) is 24.5. The zero-order valence-electron chi connectivity index (χ0n) is 20.5. The van der Waals surface area contributed by atoms with Crippen molar-refractivity contribution in [3.8, 4) is 22.8 Å². The van der Waals surface area contributed by atoms with Gasteiger partial charge in [0.2, 0.25) is 0 Å². The van der Waals surface area contributed by atoms with E-state index >= 15 is 0 Å². The summed E-state index contributed by atoms with van der Waals surface area (Å²) in [6.07, 6.45) is 7.59. The quantitative estimate of drug-likeness (QED) is 0.203. The highest BCUT2D eigenvalue weighted by atomic mass is 16.5. The zero-order chi connectivity index (χ0) is 24.8. The summed E-state index contributed by atoms with van der Waals surface area (Å²) in [7, 11) is 0. The SMILES string of the molecule is C=CC(CCCC)N1CCCC(n2nc(-c3ccc(Oc4ccccc4)cc3)c(C(=N)N)c2N)C1. The number of nitrogens with one attached hydrogen (secondary N) is 1. The van der Waals surface area contributed by atoms with Crippen LogP contribution < -0.4 is 16.2 Å². The van der Waals surface area contributed by atoms with E-state index in [0.29, 0.717) is 23.1 Å². The number of rotatable bonds is 10. The molecular weight excluding hydrogens is 436 g/mol. The molecule has 5 N–H and O–H groups in total. The van der Waals surface area contributed by atoms with Crippen LogP contribution in [0.1, 0.15) is 50.6 Å². The molecule has 1 aliphatic heterocycles. The first-order valence-electron chi connectivity index (χ1n) is 12.4. The van der Waals surface area contributed by atoms with E-state index in [0.717, 1.165) is 49.4 Å². The standard InChI is InChI=1S/C28H36N6O/c1-3-5-10-21(4-2)33-18-9-11-22(19-33)34-28(31)25(27(29)30)26(32-34)20-14-16-24(17-15-20)35-23-12-7-6-8-13-23/h4,6-8,12-17,21-22H,2-3,5,9-11,18-19,31H2,1H3,(H3,29,30). The maximum Gasteiger partial charge on any atom is 0.133 e. The van der Waals surface area contributed by atoms with Gasteiger partial charge in [-0.1, -0.05) is 44.0 Å². The second-order valence-electron chi connectivity index (χ2n) is 9.14. The molecule has 3 aromatic rings. The van der Waals surface area contributed by atoms with Crippen molar-refractivity contribution in [2.24, 2.45) is 5.73 Å². The van der Waals surface area contributed by atoms with Crippen LogP contribution in [0, 0.1) is 5.41 Å². The molecule has 184 valence electrons. The monoisotopic (exact) mass is 472 g/mol. The number of likely N-dealkylation sites (tertiary alicyclic amines) is 1. The fourth-order valence-electron chi connectivity index (χ4n) is 4.85. The second kappa shape index (κ2) is 11.2. The molecule has 0 spiro atoms. The normalized spacial score (nSPS) is 17.1. The molecule has 0 aliphatic carbocycles. The topological polar surface area (TPSA) is 106 Å². The van der Waals surface area contributed by atoms with Gasteiger partial charge in [-0.15, -0.1) is 6.58 Å². The molecule has 2 unspecified atom stereocenters. The molecule has 4 rings (SSSR count). The molecule has 35 heavy (non-hydrogen) atoms. The van der Waals surface area contributed by atoms with Crippen LogP contribution in [-0.4, -0.2) is 39.6 Å². The summed E-state index contributed by atoms with van der Waals surface area (Å²) in [5.74, 6) is 1.87. The number of nitrogens with two attached hydrogens (primary N) is 2. The third-order valence-corrected chi connectivity index (χ3v) is 6.69. The molecule has 0 saturated carbocycles. The highest BCUT2D eigenvalue weighted by Crippen LogP contribution is 2.34. The Morgan fingerprint density at radius 1 is 1.20 bits per heavy atom. The first-order valence-corrected chi connectivity index (χ1v) is 12.4. The lowest BCUT2D eigenvalue weighted by Gasteiger charge is -2.37. The Morgan fingerprint density at radius 2 is 1.91 bits per heavy atom. The summed E-state index contributed by atoms with van der Waals surface area (Å²) >= 11 is 0. The van der Waals surface area contributed by atoms with E-state index in [2.05, 4.69) is 24.5 Å². The van der Waals surface area contributed by atoms with E-state index in [4.69, 9.17) is 26.7 Å². The molecule has 0 bridgehead atoms. The van der Waals surface area contributed by atoms with Crippen LogP contribution in [0.3, 0.4) is 0 Å². The van der Waals surface area contributed by atoms with Gasteiger partial charge in [-0.25, -0.2) is 4.68 Å². The number of unbranched alkanes of at least 4 members (excludes halogenated alkanes) is 1. The third kappa shape index (κ3) is 5.57. The summed E-state index contributed by atoms with van der Waals surface area (Å²) in [6, 6.07) is 17.8. The molecule has 7 nitrogen and oxygen atoms in total. The molecule has 1 fully saturated rings. The van der Waals surface area contributed by atoms with Crippen molar-refractivity contribution in [3.63, 3.8) is 0 Å². The predicted molar refractivity (Wildman–Crippen MR) is 143 cm³/mol. The highest BCUT2D eigenvalue weighted by Gasteiger charge is 2.29. The molecule has 0 radical (unpaired) electrons. The summed E-state index contributed by atoms with van der Waals surface area (Å²) in [5, 5.41) is 13.1. The van der Waals surface area contributed by atoms with Gasteiger partial charge in [-0.2, -0.15) is 5.10 Å². The van der Waals surface area contributed by atoms with Crippen molar-refractivity contribution >= 4 is 11.7 Å². The number of piperidine rings is 1. The Morgan fingerprint density at radius 3 is 2.57 bits per heavy atom. The number of nitrogen functional groups attached to an aromatic ring is 2. The minimum atomic E-state index is -0.0760. The van der Waals surface area contributed by atoms with E-state index in [1.165, 1.54) is 12.8 Å². The number of hydrogen-bond acceptors (Lipinski definition) is 5. The molecule has 7 heteroatoms. The van der Waals surface area contributed by atoms with Gasteiger partial charge in [0.05, 0.1) is 11.6 Å². The van der Waals surface area contributed by atoms with Crippen LogP contribution in [0.4, 0.5) is 5.82 Å². The number of para-hydroxylation sites is 1. The van der Waals surface area contributed by atoms with Crippen LogP contribution >= 0.6 is 0 Å². The third-order valence-electron chi connectivity index (χ3n) is 6.69. The van der Waals surface area contributed by atoms with Gasteiger partial charge in [0.25, 0.3) is 0 Å². The number of amidine groups is 1. The van der Waals surface area contributed by atoms with Crippen molar-refractivity contribution in [2.75, 3.05) is 18.8 Å². The number of anilines is 1. The van der Waals surface area contributed by atoms with Gasteiger partial charge in [-0.3, -0.25) is 10.3 Å². The summed E-state index contributed by atoms with van der Waals surface area (Å²) in [5.41, 5.74) is 14.5. The number of benzene rings is 2. The molecular formula is C28H36N6O. The Bertz CT molecular complexity index is 1140. The van der Waals surface area contributed by atoms with Crippen LogP contribution in [-0.2, 0) is 0 Å². The van der Waals surface area contributed by atoms with Crippen molar-refractivity contribution in [1.29, 1.82) is 5.41 Å². The highest BCUT2D eigenvalue weighted by molar-refractivity contribution is 6.04. The smallest absolute Gasteiger partial charge is 0.133 e. The Kier molecular flexibility index (Phi) is 7.87. The Labute approximate surface area is 207 Å². The maximum absolute atomic E-state index is 8.19. The van der Waals surface area contributed by atoms with Gasteiger partial charge in [0.15, 0.2) is 0 Å². The van der Waals surface area contributed by atoms with Gasteiger partial charge < -0.3 is 16.2 Å². The molecule has 1 saturated heterocycles. The predicted octanol–water partition coefficient (Wildman–Crippen LogP) is 5.59. The first-order chi connectivity index (χ1) is 17.0. The van der Waals surface area contributed by atoms with Crippen LogP contribution in [0.25, 0.3) is 11.3 Å². The van der Waals surface area contributed by atoms with Crippen molar-refractivity contribution in [3.05, 3.63) is 72.8 Å². The lowest BCUT2D eigenvalue weighted by atomic mass is 10.0. The van der Waals surface area contributed by atoms with Crippen molar-refractivity contribution < 1.29 is 4.74 Å². The number of hydrogen-bond donors (Lipinski definition) is 3. The Hall–Kier alpha value is -3.58. The number of aromatic nitrogens is 2. The van der Waals surface area contributed by atoms with E-state index in [1.807, 2.05) is 59.3 Å². The van der Waals surface area contributed by atoms with Crippen molar-refractivity contribution in [1.82, 2.24) is 14.7 Å². The van der Waals surface area contributed by atoms with Gasteiger partial charge >= 0.3 is 0 Å². The maximum atomic E-state index is 8.19. The summed E-state index contributed by atoms with van der Waals surface area (Å²) in [6.45, 7) is 8.20. The van der Waals surface area contributed by atoms with Crippen LogP contribution in [0.15, 0.2) is 67.3 Å². The van der Waals surface area contributed by atoms with E-state index in [-0.39, 0.29) is 11.9 Å². The summed E-state index contributed by atoms with van der Waals surface area (Å²) < 4.78 is 7.79. The van der Waals surface area contributed by atoms with Gasteiger partial charge in [0, 0.05) is 18.2 Å². The van der Waals surface area contributed by atoms with Crippen LogP contribution in [0.5, 0.6) is 11.5 Å². The molecule has 1 aliphatic rings. The van der Waals surface area contributed by atoms with Gasteiger partial charge in [-0.05, 0) is 62.2 Å². The second-order valence-corrected chi connectivity index (χ2v) is 9.14. The number of nitrogens with zero attached hydrogens (tertiary/aromatic N) is 3. The van der Waals surface area contributed by atoms with E-state index < -0.39 is 0 Å². The lowest BCUT2D eigenvalue weighted by Crippen LogP contribution is -2.42. The lowest BCUT2D eigenvalue weighted by molar-refractivity contribution is 0.137. The van der Waals surface area contributed by atoms with E-state index in [9.17, 15) is 0 Å². The van der Waals surface area contributed by atoms with E-state index in [1.54, 1.807) is 0 Å². The minimum Gasteiger partial charge on any atom is -0.457 e. The minimum absolute atomic E-state index is 0.0760. The van der Waals surface area contributed by atoms with Gasteiger partial charge in [0.1, 0.15) is 28.8 Å². The fraction of sp³-hybridized carbons (Fsp3) is 0.357. The molecule has 0 amide bonds. The van der Waals surface area contributed by atoms with Crippen LogP contribution in [0.2, 0.25) is 0 Å². The zero-order valence-corrected chi connectivity index (χ0v) is 20.5. The molecule has 2 heterocycles. The van der Waals surface area contributed by atoms with Crippen molar-refractivity contribution in [2.45, 2.75) is 51.1 Å². The molecule has 2 atom stereocenters. The molecule has 2 aromatic carbocycles. The average molecular weight is 473 g/mol. The average Bonchev–Trinajstić information content (AvgIpc) is 3.23. The largest absolute Gasteiger partial charge is 0.457 e. The number of ether oxygens (including phenoxy) is 1. The Balaban J connectivity index is 1.59. The summed E-state index contributed by atoms with van der Waals surface area (Å²) in [4.78, 5) is 2.49.